The molecule has 1 saturated carbocycles. The predicted molar refractivity (Wildman–Crippen MR) is 85.2 cm³/mol. The highest BCUT2D eigenvalue weighted by atomic mass is 15.3. The number of rotatable bonds is 4. The van der Waals surface area contributed by atoms with E-state index in [4.69, 9.17) is 0 Å². The van der Waals surface area contributed by atoms with Crippen LogP contribution in [-0.4, -0.2) is 39.5 Å². The molecular weight excluding hydrogens is 260 g/mol. The Balaban J connectivity index is 1.41. The number of H-pyrrole nitrogens is 1. The maximum Gasteiger partial charge on any atom is 0.0924 e. The molecule has 2 aliphatic rings. The van der Waals surface area contributed by atoms with Crippen molar-refractivity contribution in [1.82, 2.24) is 14.9 Å². The number of anilines is 1. The van der Waals surface area contributed by atoms with Crippen molar-refractivity contribution in [2.45, 2.75) is 44.3 Å². The molecule has 1 aliphatic heterocycles. The van der Waals surface area contributed by atoms with Crippen LogP contribution in [0, 0.1) is 0 Å². The number of likely N-dealkylation sites (tertiary alicyclic amines) is 1. The normalized spacial score (nSPS) is 26.1. The molecule has 2 N–H and O–H groups in total. The van der Waals surface area contributed by atoms with Crippen molar-refractivity contribution in [2.75, 3.05) is 11.9 Å². The van der Waals surface area contributed by atoms with E-state index in [0.29, 0.717) is 6.04 Å². The Morgan fingerprint density at radius 2 is 2.05 bits per heavy atom. The van der Waals surface area contributed by atoms with Gasteiger partial charge >= 0.3 is 0 Å². The van der Waals surface area contributed by atoms with E-state index in [1.807, 2.05) is 6.20 Å². The summed E-state index contributed by atoms with van der Waals surface area (Å²) in [6.45, 7) is 3.55. The molecule has 0 bridgehead atoms. The molecule has 2 fully saturated rings. The van der Waals surface area contributed by atoms with Crippen molar-refractivity contribution in [3.8, 4) is 11.3 Å². The zero-order valence-electron chi connectivity index (χ0n) is 12.4. The Kier molecular flexibility index (Phi) is 3.19. The van der Waals surface area contributed by atoms with Crippen molar-refractivity contribution in [1.29, 1.82) is 0 Å². The summed E-state index contributed by atoms with van der Waals surface area (Å²) in [6.07, 6.45) is 7.62. The topological polar surface area (TPSA) is 44.0 Å². The van der Waals surface area contributed by atoms with Gasteiger partial charge in [-0.1, -0.05) is 12.1 Å². The summed E-state index contributed by atoms with van der Waals surface area (Å²) in [5, 5.41) is 3.69. The van der Waals surface area contributed by atoms with Crippen LogP contribution in [0.1, 0.15) is 26.2 Å². The lowest BCUT2D eigenvalue weighted by Crippen LogP contribution is -2.30. The number of hydrogen-bond acceptors (Lipinski definition) is 3. The molecule has 4 heteroatoms. The molecular formula is C17H22N4. The van der Waals surface area contributed by atoms with Crippen LogP contribution in [0.15, 0.2) is 36.8 Å². The van der Waals surface area contributed by atoms with Gasteiger partial charge in [0.05, 0.1) is 18.2 Å². The lowest BCUT2D eigenvalue weighted by Gasteiger charge is -2.20. The maximum atomic E-state index is 4.07. The van der Waals surface area contributed by atoms with Gasteiger partial charge in [0.1, 0.15) is 0 Å². The van der Waals surface area contributed by atoms with Crippen molar-refractivity contribution in [3.63, 3.8) is 0 Å². The van der Waals surface area contributed by atoms with Crippen molar-refractivity contribution in [2.24, 2.45) is 0 Å². The minimum absolute atomic E-state index is 0.582. The van der Waals surface area contributed by atoms with E-state index < -0.39 is 0 Å². The van der Waals surface area contributed by atoms with Gasteiger partial charge in [0.25, 0.3) is 0 Å². The Hall–Kier alpha value is -1.81. The fourth-order valence-electron chi connectivity index (χ4n) is 3.47. The molecule has 4 nitrogen and oxygen atoms in total. The molecule has 2 unspecified atom stereocenters. The second-order valence-corrected chi connectivity index (χ2v) is 6.40. The van der Waals surface area contributed by atoms with E-state index in [0.717, 1.165) is 17.8 Å². The lowest BCUT2D eigenvalue weighted by atomic mass is 10.1. The molecule has 2 aromatic rings. The van der Waals surface area contributed by atoms with Crippen molar-refractivity contribution >= 4 is 5.69 Å². The monoisotopic (exact) mass is 282 g/mol. The van der Waals surface area contributed by atoms with Gasteiger partial charge in [-0.05, 0) is 43.9 Å². The second kappa shape index (κ2) is 5.19. The maximum absolute atomic E-state index is 4.07. The lowest BCUT2D eigenvalue weighted by molar-refractivity contribution is 0.257. The Bertz CT molecular complexity index is 586. The minimum atomic E-state index is 0.582. The second-order valence-electron chi connectivity index (χ2n) is 6.40. The van der Waals surface area contributed by atoms with Crippen LogP contribution in [0.3, 0.4) is 0 Å². The van der Waals surface area contributed by atoms with E-state index in [1.54, 1.807) is 6.33 Å². The van der Waals surface area contributed by atoms with Crippen LogP contribution in [0.5, 0.6) is 0 Å². The van der Waals surface area contributed by atoms with Gasteiger partial charge in [-0.25, -0.2) is 4.98 Å². The highest BCUT2D eigenvalue weighted by Gasteiger charge is 2.38. The number of hydrogen-bond donors (Lipinski definition) is 2. The number of aromatic nitrogens is 2. The number of nitrogens with zero attached hydrogens (tertiary/aromatic N) is 2. The summed E-state index contributed by atoms with van der Waals surface area (Å²) in [5.41, 5.74) is 3.46. The summed E-state index contributed by atoms with van der Waals surface area (Å²) in [5.74, 6) is 0. The zero-order chi connectivity index (χ0) is 14.2. The number of nitrogens with one attached hydrogen (secondary N) is 2. The molecule has 2 heterocycles. The van der Waals surface area contributed by atoms with E-state index in [2.05, 4.69) is 51.4 Å². The van der Waals surface area contributed by atoms with Crippen molar-refractivity contribution < 1.29 is 0 Å². The summed E-state index contributed by atoms with van der Waals surface area (Å²) in [7, 11) is 0. The van der Waals surface area contributed by atoms with Crippen LogP contribution < -0.4 is 5.32 Å². The van der Waals surface area contributed by atoms with Crippen LogP contribution >= 0.6 is 0 Å². The van der Waals surface area contributed by atoms with Crippen LogP contribution in [0.25, 0.3) is 11.3 Å². The summed E-state index contributed by atoms with van der Waals surface area (Å²) in [4.78, 5) is 9.88. The molecule has 0 spiro atoms. The first-order valence-electron chi connectivity index (χ1n) is 7.91. The van der Waals surface area contributed by atoms with Gasteiger partial charge in [0, 0.05) is 30.4 Å². The zero-order valence-corrected chi connectivity index (χ0v) is 12.4. The quantitative estimate of drug-likeness (QED) is 0.905. The first-order chi connectivity index (χ1) is 10.3. The minimum Gasteiger partial charge on any atom is -0.381 e. The molecule has 1 aliphatic carbocycles. The third-order valence-corrected chi connectivity index (χ3v) is 4.70. The molecule has 2 atom stereocenters. The van der Waals surface area contributed by atoms with Crippen LogP contribution in [0.4, 0.5) is 5.69 Å². The fourth-order valence-corrected chi connectivity index (χ4v) is 3.47. The Labute approximate surface area is 125 Å². The Morgan fingerprint density at radius 3 is 2.71 bits per heavy atom. The van der Waals surface area contributed by atoms with Gasteiger partial charge in [0.2, 0.25) is 0 Å². The first-order valence-corrected chi connectivity index (χ1v) is 7.91. The molecule has 1 aromatic carbocycles. The van der Waals surface area contributed by atoms with Gasteiger partial charge < -0.3 is 10.3 Å². The largest absolute Gasteiger partial charge is 0.381 e. The average Bonchev–Trinajstić information content (AvgIpc) is 3.05. The van der Waals surface area contributed by atoms with Gasteiger partial charge in [-0.2, -0.15) is 0 Å². The van der Waals surface area contributed by atoms with Gasteiger partial charge in [0.15, 0.2) is 0 Å². The molecule has 0 amide bonds. The van der Waals surface area contributed by atoms with E-state index in [9.17, 15) is 0 Å². The Morgan fingerprint density at radius 1 is 1.24 bits per heavy atom. The molecule has 4 rings (SSSR count). The molecule has 0 radical (unpaired) electrons. The van der Waals surface area contributed by atoms with Gasteiger partial charge in [-0.15, -0.1) is 0 Å². The van der Waals surface area contributed by atoms with Gasteiger partial charge in [-0.3, -0.25) is 4.90 Å². The van der Waals surface area contributed by atoms with Crippen molar-refractivity contribution in [3.05, 3.63) is 36.8 Å². The summed E-state index contributed by atoms with van der Waals surface area (Å²) >= 11 is 0. The van der Waals surface area contributed by atoms with Crippen LogP contribution in [0.2, 0.25) is 0 Å². The molecule has 21 heavy (non-hydrogen) atoms. The highest BCUT2D eigenvalue weighted by molar-refractivity contribution is 5.62. The molecule has 1 aromatic heterocycles. The molecule has 1 saturated heterocycles. The average molecular weight is 282 g/mol. The number of benzene rings is 1. The third-order valence-electron chi connectivity index (χ3n) is 4.70. The fraction of sp³-hybridized carbons (Fsp3) is 0.471. The SMILES string of the molecule is CC1CC(Nc2ccc(-c3cnc[nH]3)cc2)CN1C1CC1. The highest BCUT2D eigenvalue weighted by Crippen LogP contribution is 2.34. The predicted octanol–water partition coefficient (Wildman–Crippen LogP) is 3.11. The smallest absolute Gasteiger partial charge is 0.0924 e. The number of aromatic amines is 1. The van der Waals surface area contributed by atoms with Crippen LogP contribution in [-0.2, 0) is 0 Å². The third kappa shape index (κ3) is 2.68. The first kappa shape index (κ1) is 12.9. The summed E-state index contributed by atoms with van der Waals surface area (Å²) in [6, 6.07) is 10.8. The molecule has 110 valence electrons. The van der Waals surface area contributed by atoms with E-state index >= 15 is 0 Å². The number of imidazole rings is 1. The summed E-state index contributed by atoms with van der Waals surface area (Å²) < 4.78 is 0. The van der Waals surface area contributed by atoms with E-state index in [1.165, 1.54) is 37.1 Å². The standard InChI is InChI=1S/C17H22N4/c1-12-8-15(10-21(12)16-6-7-16)20-14-4-2-13(3-5-14)17-9-18-11-19-17/h2-5,9,11-12,15-16,20H,6-8,10H2,1H3,(H,18,19). The van der Waals surface area contributed by atoms with E-state index in [-0.39, 0.29) is 0 Å².